The van der Waals surface area contributed by atoms with Gasteiger partial charge in [-0.2, -0.15) is 0 Å². The molecule has 1 aliphatic rings. The lowest BCUT2D eigenvalue weighted by atomic mass is 10.0. The van der Waals surface area contributed by atoms with Crippen LogP contribution in [0.3, 0.4) is 0 Å². The summed E-state index contributed by atoms with van der Waals surface area (Å²) in [5, 5.41) is 4.77. The van der Waals surface area contributed by atoms with Gasteiger partial charge in [0.1, 0.15) is 22.0 Å². The second-order valence-corrected chi connectivity index (χ2v) is 10.0. The third-order valence-electron chi connectivity index (χ3n) is 4.89. The Morgan fingerprint density at radius 3 is 2.39 bits per heavy atom. The smallest absolute Gasteiger partial charge is 0.341 e. The third-order valence-corrected chi connectivity index (χ3v) is 7.90. The number of hydrogen-bond donors (Lipinski definition) is 1. The molecule has 0 aliphatic carbocycles. The molecule has 2 amide bonds. The van der Waals surface area contributed by atoms with Gasteiger partial charge in [0.15, 0.2) is 0 Å². The Labute approximate surface area is 198 Å². The van der Waals surface area contributed by atoms with E-state index < -0.39 is 34.4 Å². The number of benzene rings is 2. The number of esters is 1. The van der Waals surface area contributed by atoms with Crippen LogP contribution in [0.5, 0.6) is 0 Å². The molecule has 0 atom stereocenters. The van der Waals surface area contributed by atoms with E-state index in [0.717, 1.165) is 11.3 Å². The second kappa shape index (κ2) is 8.97. The molecule has 0 fully saturated rings. The molecule has 1 N–H and O–H groups in total. The van der Waals surface area contributed by atoms with E-state index in [0.29, 0.717) is 20.5 Å². The summed E-state index contributed by atoms with van der Waals surface area (Å²) in [6.07, 6.45) is 0. The summed E-state index contributed by atoms with van der Waals surface area (Å²) < 4.78 is 31.1. The molecular weight excluding hydrogens is 488 g/mol. The van der Waals surface area contributed by atoms with Crippen LogP contribution >= 0.6 is 22.9 Å². The van der Waals surface area contributed by atoms with E-state index in [1.54, 1.807) is 42.6 Å². The third kappa shape index (κ3) is 4.12. The molecule has 4 rings (SSSR count). The summed E-state index contributed by atoms with van der Waals surface area (Å²) in [6, 6.07) is 12.7. The van der Waals surface area contributed by atoms with Crippen LogP contribution in [0, 0.1) is 0 Å². The number of rotatable bonds is 6. The van der Waals surface area contributed by atoms with E-state index in [1.165, 1.54) is 18.2 Å². The normalized spacial score (nSPS) is 14.1. The summed E-state index contributed by atoms with van der Waals surface area (Å²) in [4.78, 5) is 37.9. The Morgan fingerprint density at radius 1 is 1.06 bits per heavy atom. The van der Waals surface area contributed by atoms with Crippen LogP contribution in [0.1, 0.15) is 27.6 Å². The topological polar surface area (TPSA) is 110 Å². The van der Waals surface area contributed by atoms with Gasteiger partial charge < -0.3 is 10.1 Å². The first-order valence-electron chi connectivity index (χ1n) is 9.75. The lowest BCUT2D eigenvalue weighted by Crippen LogP contribution is -2.37. The van der Waals surface area contributed by atoms with Crippen molar-refractivity contribution in [1.82, 2.24) is 4.31 Å². The summed E-state index contributed by atoms with van der Waals surface area (Å²) in [5.74, 6) is -2.23. The van der Waals surface area contributed by atoms with Crippen molar-refractivity contribution in [1.29, 1.82) is 0 Å². The van der Waals surface area contributed by atoms with Crippen LogP contribution in [0.4, 0.5) is 5.00 Å². The molecule has 33 heavy (non-hydrogen) atoms. The summed E-state index contributed by atoms with van der Waals surface area (Å²) in [7, 11) is -4.14. The molecule has 0 saturated carbocycles. The number of fused-ring (bicyclic) bond motifs is 1. The largest absolute Gasteiger partial charge is 0.462 e. The molecule has 170 valence electrons. The zero-order valence-electron chi connectivity index (χ0n) is 17.2. The van der Waals surface area contributed by atoms with Crippen molar-refractivity contribution >= 4 is 55.7 Å². The summed E-state index contributed by atoms with van der Waals surface area (Å²) in [6.45, 7) is 1.03. The van der Waals surface area contributed by atoms with E-state index in [1.807, 2.05) is 0 Å². The van der Waals surface area contributed by atoms with Crippen LogP contribution < -0.4 is 5.32 Å². The van der Waals surface area contributed by atoms with E-state index in [4.69, 9.17) is 16.3 Å². The van der Waals surface area contributed by atoms with Crippen molar-refractivity contribution in [3.8, 4) is 11.1 Å². The molecule has 8 nitrogen and oxygen atoms in total. The van der Waals surface area contributed by atoms with Gasteiger partial charge in [-0.25, -0.2) is 17.5 Å². The number of nitrogens with zero attached hydrogens (tertiary/aromatic N) is 1. The van der Waals surface area contributed by atoms with Crippen molar-refractivity contribution < 1.29 is 27.5 Å². The Kier molecular flexibility index (Phi) is 6.24. The maximum atomic E-state index is 12.8. The predicted octanol–water partition coefficient (Wildman–Crippen LogP) is 4.03. The van der Waals surface area contributed by atoms with Crippen molar-refractivity contribution in [2.45, 2.75) is 11.8 Å². The summed E-state index contributed by atoms with van der Waals surface area (Å²) in [5.41, 5.74) is 1.15. The van der Waals surface area contributed by atoms with Crippen molar-refractivity contribution in [2.24, 2.45) is 0 Å². The van der Waals surface area contributed by atoms with Gasteiger partial charge in [0, 0.05) is 21.5 Å². The summed E-state index contributed by atoms with van der Waals surface area (Å²) >= 11 is 7.35. The van der Waals surface area contributed by atoms with Crippen LogP contribution in [-0.4, -0.2) is 43.7 Å². The van der Waals surface area contributed by atoms with E-state index >= 15 is 0 Å². The second-order valence-electron chi connectivity index (χ2n) is 6.91. The van der Waals surface area contributed by atoms with Crippen molar-refractivity contribution in [3.05, 3.63) is 70.1 Å². The Hall–Kier alpha value is -3.21. The highest BCUT2D eigenvalue weighted by molar-refractivity contribution is 7.90. The Bertz CT molecular complexity index is 1380. The van der Waals surface area contributed by atoms with Crippen molar-refractivity contribution in [2.75, 3.05) is 18.5 Å². The maximum absolute atomic E-state index is 12.8. The van der Waals surface area contributed by atoms with E-state index in [9.17, 15) is 22.8 Å². The monoisotopic (exact) mass is 504 g/mol. The number of carbonyl (C=O) groups is 3. The van der Waals surface area contributed by atoms with Gasteiger partial charge in [-0.3, -0.25) is 9.59 Å². The standard InChI is InChI=1S/C22H17ClN2O6S2/c1-2-31-22(28)19-15(13-7-3-5-9-16(13)23)12-32-20(19)24-18(26)11-25-21(27)14-8-4-6-10-17(14)33(25,29)30/h3-10,12H,2,11H2,1H3,(H,24,26). The fourth-order valence-corrected chi connectivity index (χ4v) is 6.14. The quantitative estimate of drug-likeness (QED) is 0.507. The number of amides is 2. The van der Waals surface area contributed by atoms with Crippen LogP contribution in [-0.2, 0) is 19.6 Å². The number of anilines is 1. The maximum Gasteiger partial charge on any atom is 0.341 e. The van der Waals surface area contributed by atoms with Crippen molar-refractivity contribution in [3.63, 3.8) is 0 Å². The minimum atomic E-state index is -4.14. The molecule has 2 aromatic carbocycles. The SMILES string of the molecule is CCOC(=O)c1c(-c2ccccc2Cl)csc1NC(=O)CN1C(=O)c2ccccc2S1(=O)=O. The first-order valence-corrected chi connectivity index (χ1v) is 12.4. The first-order chi connectivity index (χ1) is 15.8. The van der Waals surface area contributed by atoms with Gasteiger partial charge >= 0.3 is 5.97 Å². The van der Waals surface area contributed by atoms with Gasteiger partial charge in [0.05, 0.1) is 12.2 Å². The lowest BCUT2D eigenvalue weighted by molar-refractivity contribution is -0.116. The van der Waals surface area contributed by atoms with E-state index in [2.05, 4.69) is 5.32 Å². The van der Waals surface area contributed by atoms with Gasteiger partial charge in [0.2, 0.25) is 5.91 Å². The molecule has 0 saturated heterocycles. The number of halogens is 1. The number of sulfonamides is 1. The average Bonchev–Trinajstić information content (AvgIpc) is 3.27. The molecule has 0 spiro atoms. The fraction of sp³-hybridized carbons (Fsp3) is 0.136. The first kappa shape index (κ1) is 23.0. The average molecular weight is 505 g/mol. The molecule has 3 aromatic rings. The molecule has 1 aliphatic heterocycles. The van der Waals surface area contributed by atoms with Gasteiger partial charge in [0.25, 0.3) is 15.9 Å². The van der Waals surface area contributed by atoms with E-state index in [-0.39, 0.29) is 27.6 Å². The number of thiophene rings is 1. The molecule has 1 aromatic heterocycles. The number of carbonyl (C=O) groups excluding carboxylic acids is 3. The highest BCUT2D eigenvalue weighted by atomic mass is 35.5. The minimum absolute atomic E-state index is 0.00893. The van der Waals surface area contributed by atoms with Gasteiger partial charge in [-0.15, -0.1) is 11.3 Å². The predicted molar refractivity (Wildman–Crippen MR) is 124 cm³/mol. The minimum Gasteiger partial charge on any atom is -0.462 e. The highest BCUT2D eigenvalue weighted by Gasteiger charge is 2.42. The molecule has 0 bridgehead atoms. The van der Waals surface area contributed by atoms with Crippen LogP contribution in [0.2, 0.25) is 5.02 Å². The van der Waals surface area contributed by atoms with Gasteiger partial charge in [-0.1, -0.05) is 41.9 Å². The Balaban J connectivity index is 1.63. The molecule has 2 heterocycles. The fourth-order valence-electron chi connectivity index (χ4n) is 3.42. The number of nitrogens with one attached hydrogen (secondary N) is 1. The zero-order valence-corrected chi connectivity index (χ0v) is 19.6. The number of ether oxygens (including phenoxy) is 1. The molecule has 11 heteroatoms. The van der Waals surface area contributed by atoms with Gasteiger partial charge in [-0.05, 0) is 25.1 Å². The lowest BCUT2D eigenvalue weighted by Gasteiger charge is -2.15. The molecule has 0 radical (unpaired) electrons. The zero-order chi connectivity index (χ0) is 23.8. The van der Waals surface area contributed by atoms with Crippen LogP contribution in [0.25, 0.3) is 11.1 Å². The highest BCUT2D eigenvalue weighted by Crippen LogP contribution is 2.39. The molecule has 0 unspecified atom stereocenters. The number of hydrogen-bond acceptors (Lipinski definition) is 7. The van der Waals surface area contributed by atoms with Crippen LogP contribution in [0.15, 0.2) is 58.8 Å². The molecular formula is C22H17ClN2O6S2. The Morgan fingerprint density at radius 2 is 1.73 bits per heavy atom.